The highest BCUT2D eigenvalue weighted by Crippen LogP contribution is 2.16. The summed E-state index contributed by atoms with van der Waals surface area (Å²) in [7, 11) is -0.859. The van der Waals surface area contributed by atoms with E-state index in [-0.39, 0.29) is 0 Å². The predicted molar refractivity (Wildman–Crippen MR) is 46.6 cm³/mol. The fraction of sp³-hybridized carbons (Fsp3) is 0.750. The molecule has 1 atom stereocenters. The van der Waals surface area contributed by atoms with Gasteiger partial charge >= 0.3 is 0 Å². The van der Waals surface area contributed by atoms with Crippen LogP contribution in [-0.4, -0.2) is 15.6 Å². The summed E-state index contributed by atoms with van der Waals surface area (Å²) in [6.45, 7) is 5.34. The van der Waals surface area contributed by atoms with Gasteiger partial charge in [0.25, 0.3) is 0 Å². The molecule has 2 heteroatoms. The average molecular weight is 156 g/mol. The first-order valence-corrected chi connectivity index (χ1v) is 5.95. The molecule has 1 saturated heterocycles. The molecule has 0 spiro atoms. The summed E-state index contributed by atoms with van der Waals surface area (Å²) in [5, 5.41) is 1.53. The molecule has 1 aliphatic rings. The van der Waals surface area contributed by atoms with E-state index in [1.165, 1.54) is 24.1 Å². The van der Waals surface area contributed by atoms with Gasteiger partial charge in [-0.25, -0.2) is 0 Å². The van der Waals surface area contributed by atoms with Crippen molar-refractivity contribution in [1.29, 1.82) is 0 Å². The first-order valence-electron chi connectivity index (χ1n) is 4.09. The number of rotatable bonds is 1. The molecule has 0 bridgehead atoms. The van der Waals surface area contributed by atoms with E-state index in [9.17, 15) is 0 Å². The minimum Gasteiger partial charge on any atom is -0.416 e. The lowest BCUT2D eigenvalue weighted by atomic mass is 10.4. The standard InChI is InChI=1S/C8H16OSi/c1-3-8(2)10-7-5-4-6-9-10/h3,10H,4-7H2,1-2H3. The second-order valence-corrected chi connectivity index (χ2v) is 5.69. The third kappa shape index (κ3) is 1.96. The number of allylic oxidation sites excluding steroid dienone is 2. The maximum Gasteiger partial charge on any atom is 0.203 e. The van der Waals surface area contributed by atoms with E-state index in [2.05, 4.69) is 19.9 Å². The molecule has 1 nitrogen and oxygen atoms in total. The van der Waals surface area contributed by atoms with Crippen LogP contribution in [-0.2, 0) is 4.43 Å². The Hall–Kier alpha value is -0.0831. The summed E-state index contributed by atoms with van der Waals surface area (Å²) in [6, 6.07) is 1.36. The van der Waals surface area contributed by atoms with E-state index < -0.39 is 9.04 Å². The molecule has 58 valence electrons. The third-order valence-electron chi connectivity index (χ3n) is 2.14. The zero-order chi connectivity index (χ0) is 7.40. The summed E-state index contributed by atoms with van der Waals surface area (Å²) in [5.74, 6) is 0. The van der Waals surface area contributed by atoms with Crippen molar-refractivity contribution >= 4 is 9.04 Å². The van der Waals surface area contributed by atoms with E-state index in [0.29, 0.717) is 0 Å². The van der Waals surface area contributed by atoms with E-state index in [0.717, 1.165) is 6.61 Å². The lowest BCUT2D eigenvalue weighted by Gasteiger charge is -2.21. The normalized spacial score (nSPS) is 28.6. The van der Waals surface area contributed by atoms with Crippen LogP contribution in [0.5, 0.6) is 0 Å². The number of hydrogen-bond donors (Lipinski definition) is 0. The van der Waals surface area contributed by atoms with Gasteiger partial charge < -0.3 is 4.43 Å². The fourth-order valence-electron chi connectivity index (χ4n) is 1.29. The molecule has 0 aromatic carbocycles. The molecule has 1 unspecified atom stereocenters. The van der Waals surface area contributed by atoms with Gasteiger partial charge in [0.05, 0.1) is 0 Å². The van der Waals surface area contributed by atoms with Crippen LogP contribution >= 0.6 is 0 Å². The van der Waals surface area contributed by atoms with Crippen LogP contribution in [0.25, 0.3) is 0 Å². The van der Waals surface area contributed by atoms with Crippen LogP contribution in [0.4, 0.5) is 0 Å². The fourth-order valence-corrected chi connectivity index (χ4v) is 3.65. The molecule has 1 fully saturated rings. The van der Waals surface area contributed by atoms with E-state index in [1.54, 1.807) is 0 Å². The summed E-state index contributed by atoms with van der Waals surface area (Å²) in [5.41, 5.74) is 0. The van der Waals surface area contributed by atoms with Crippen molar-refractivity contribution in [2.24, 2.45) is 0 Å². The Kier molecular flexibility index (Phi) is 3.16. The Balaban J connectivity index is 2.39. The van der Waals surface area contributed by atoms with Gasteiger partial charge in [0.2, 0.25) is 9.04 Å². The topological polar surface area (TPSA) is 9.23 Å². The Labute approximate surface area is 64.8 Å². The summed E-state index contributed by atoms with van der Waals surface area (Å²) in [4.78, 5) is 0. The lowest BCUT2D eigenvalue weighted by Crippen LogP contribution is -2.24. The summed E-state index contributed by atoms with van der Waals surface area (Å²) in [6.07, 6.45) is 4.88. The zero-order valence-corrected chi connectivity index (χ0v) is 8.05. The Morgan fingerprint density at radius 3 is 2.80 bits per heavy atom. The Bertz CT molecular complexity index is 125. The molecule has 1 rings (SSSR count). The van der Waals surface area contributed by atoms with E-state index in [1.807, 2.05) is 0 Å². The Morgan fingerprint density at radius 2 is 2.30 bits per heavy atom. The number of hydrogen-bond acceptors (Lipinski definition) is 1. The molecule has 0 radical (unpaired) electrons. The van der Waals surface area contributed by atoms with Gasteiger partial charge in [-0.05, 0) is 26.3 Å². The van der Waals surface area contributed by atoms with E-state index in [4.69, 9.17) is 4.43 Å². The quantitative estimate of drug-likeness (QED) is 0.528. The van der Waals surface area contributed by atoms with Crippen molar-refractivity contribution in [1.82, 2.24) is 0 Å². The third-order valence-corrected chi connectivity index (χ3v) is 5.06. The van der Waals surface area contributed by atoms with Gasteiger partial charge in [-0.15, -0.1) is 0 Å². The SMILES string of the molecule is CC=C(C)[SiH]1CCCCO1. The van der Waals surface area contributed by atoms with Gasteiger partial charge in [-0.3, -0.25) is 0 Å². The lowest BCUT2D eigenvalue weighted by molar-refractivity contribution is 0.292. The van der Waals surface area contributed by atoms with Gasteiger partial charge in [-0.1, -0.05) is 17.7 Å². The van der Waals surface area contributed by atoms with E-state index >= 15 is 0 Å². The van der Waals surface area contributed by atoms with Gasteiger partial charge in [0.1, 0.15) is 0 Å². The first-order chi connectivity index (χ1) is 4.84. The van der Waals surface area contributed by atoms with Gasteiger partial charge in [0.15, 0.2) is 0 Å². The summed E-state index contributed by atoms with van der Waals surface area (Å²) < 4.78 is 5.70. The molecule has 0 saturated carbocycles. The second-order valence-electron chi connectivity index (χ2n) is 2.89. The molecule has 0 aromatic rings. The highest BCUT2D eigenvalue weighted by atomic mass is 28.3. The largest absolute Gasteiger partial charge is 0.416 e. The summed E-state index contributed by atoms with van der Waals surface area (Å²) >= 11 is 0. The highest BCUT2D eigenvalue weighted by molar-refractivity contribution is 6.60. The van der Waals surface area contributed by atoms with Crippen molar-refractivity contribution in [2.75, 3.05) is 6.61 Å². The molecule has 0 amide bonds. The maximum atomic E-state index is 5.70. The molecule has 10 heavy (non-hydrogen) atoms. The molecule has 1 aliphatic heterocycles. The smallest absolute Gasteiger partial charge is 0.203 e. The monoisotopic (exact) mass is 156 g/mol. The zero-order valence-electron chi connectivity index (χ0n) is 6.89. The van der Waals surface area contributed by atoms with Crippen LogP contribution in [0.15, 0.2) is 11.3 Å². The Morgan fingerprint density at radius 1 is 1.50 bits per heavy atom. The van der Waals surface area contributed by atoms with Crippen molar-refractivity contribution in [3.05, 3.63) is 11.3 Å². The molecular formula is C8H16OSi. The van der Waals surface area contributed by atoms with Crippen molar-refractivity contribution in [3.63, 3.8) is 0 Å². The van der Waals surface area contributed by atoms with Crippen LogP contribution in [0, 0.1) is 0 Å². The molecule has 0 N–H and O–H groups in total. The second kappa shape index (κ2) is 3.94. The molecule has 1 heterocycles. The minimum absolute atomic E-state index is 0.859. The van der Waals surface area contributed by atoms with Crippen molar-refractivity contribution in [3.8, 4) is 0 Å². The van der Waals surface area contributed by atoms with Crippen molar-refractivity contribution < 1.29 is 4.43 Å². The van der Waals surface area contributed by atoms with Crippen LogP contribution in [0.3, 0.4) is 0 Å². The molecule has 0 aromatic heterocycles. The molecular weight excluding hydrogens is 140 g/mol. The van der Waals surface area contributed by atoms with Crippen LogP contribution in [0.2, 0.25) is 6.04 Å². The highest BCUT2D eigenvalue weighted by Gasteiger charge is 2.16. The van der Waals surface area contributed by atoms with Crippen LogP contribution < -0.4 is 0 Å². The molecule has 0 aliphatic carbocycles. The van der Waals surface area contributed by atoms with Gasteiger partial charge in [-0.2, -0.15) is 0 Å². The maximum absolute atomic E-state index is 5.70. The predicted octanol–water partition coefficient (Wildman–Crippen LogP) is 2.03. The van der Waals surface area contributed by atoms with Crippen molar-refractivity contribution in [2.45, 2.75) is 32.7 Å². The average Bonchev–Trinajstić information content (AvgIpc) is 2.05. The van der Waals surface area contributed by atoms with Gasteiger partial charge in [0, 0.05) is 6.61 Å². The first kappa shape index (κ1) is 8.02. The van der Waals surface area contributed by atoms with Crippen LogP contribution in [0.1, 0.15) is 26.7 Å². The minimum atomic E-state index is -0.859.